The van der Waals surface area contributed by atoms with Gasteiger partial charge >= 0.3 is 0 Å². The van der Waals surface area contributed by atoms with Crippen LogP contribution in [0.3, 0.4) is 0 Å². The maximum atomic E-state index is 12.5. The van der Waals surface area contributed by atoms with Crippen molar-refractivity contribution >= 4 is 28.2 Å². The SMILES string of the molecule is CC1CCN(c2ccc(NC(=O)CCn3cnc4ccccc4c3=O)cc2)CC1. The van der Waals surface area contributed by atoms with E-state index in [2.05, 4.69) is 34.3 Å². The molecule has 0 unspecified atom stereocenters. The molecule has 0 spiro atoms. The van der Waals surface area contributed by atoms with Crippen molar-refractivity contribution in [3.63, 3.8) is 0 Å². The molecule has 4 rings (SSSR count). The molecule has 0 atom stereocenters. The van der Waals surface area contributed by atoms with Gasteiger partial charge in [0, 0.05) is 37.4 Å². The third-order valence-corrected chi connectivity index (χ3v) is 5.61. The van der Waals surface area contributed by atoms with E-state index in [0.29, 0.717) is 17.4 Å². The number of benzene rings is 2. The summed E-state index contributed by atoms with van der Waals surface area (Å²) in [6.07, 6.45) is 4.17. The zero-order valence-corrected chi connectivity index (χ0v) is 16.7. The van der Waals surface area contributed by atoms with Gasteiger partial charge in [-0.3, -0.25) is 14.2 Å². The fourth-order valence-electron chi connectivity index (χ4n) is 3.73. The fraction of sp³-hybridized carbons (Fsp3) is 0.348. The number of fused-ring (bicyclic) bond motifs is 1. The molecule has 2 heterocycles. The van der Waals surface area contributed by atoms with Crippen LogP contribution < -0.4 is 15.8 Å². The number of anilines is 2. The molecule has 1 saturated heterocycles. The van der Waals surface area contributed by atoms with Crippen LogP contribution in [0.4, 0.5) is 11.4 Å². The van der Waals surface area contributed by atoms with Crippen LogP contribution in [0.25, 0.3) is 10.9 Å². The molecular formula is C23H26N4O2. The molecule has 0 saturated carbocycles. The van der Waals surface area contributed by atoms with Crippen LogP contribution in [0.5, 0.6) is 0 Å². The second kappa shape index (κ2) is 8.47. The van der Waals surface area contributed by atoms with Crippen molar-refractivity contribution in [2.45, 2.75) is 32.7 Å². The number of nitrogens with one attached hydrogen (secondary N) is 1. The zero-order valence-electron chi connectivity index (χ0n) is 16.7. The first-order valence-corrected chi connectivity index (χ1v) is 10.2. The first-order chi connectivity index (χ1) is 14.1. The van der Waals surface area contributed by atoms with Gasteiger partial charge in [0.15, 0.2) is 0 Å². The fourth-order valence-corrected chi connectivity index (χ4v) is 3.73. The van der Waals surface area contributed by atoms with Crippen LogP contribution in [0.1, 0.15) is 26.2 Å². The molecule has 6 nitrogen and oxygen atoms in total. The van der Waals surface area contributed by atoms with Crippen LogP contribution >= 0.6 is 0 Å². The number of aromatic nitrogens is 2. The molecule has 1 aromatic heterocycles. The lowest BCUT2D eigenvalue weighted by Crippen LogP contribution is -2.32. The minimum Gasteiger partial charge on any atom is -0.372 e. The Bertz CT molecular complexity index is 1050. The quantitative estimate of drug-likeness (QED) is 0.722. The van der Waals surface area contributed by atoms with E-state index in [0.717, 1.165) is 24.7 Å². The van der Waals surface area contributed by atoms with Crippen LogP contribution in [-0.2, 0) is 11.3 Å². The van der Waals surface area contributed by atoms with Crippen LogP contribution in [0.15, 0.2) is 59.7 Å². The molecule has 0 bridgehead atoms. The third kappa shape index (κ3) is 4.47. The van der Waals surface area contributed by atoms with E-state index in [9.17, 15) is 9.59 Å². The minimum atomic E-state index is -0.122. The molecule has 0 aliphatic carbocycles. The van der Waals surface area contributed by atoms with Gasteiger partial charge in [0.1, 0.15) is 0 Å². The number of para-hydroxylation sites is 1. The maximum Gasteiger partial charge on any atom is 0.261 e. The average Bonchev–Trinajstić information content (AvgIpc) is 2.75. The largest absolute Gasteiger partial charge is 0.372 e. The number of carbonyl (C=O) groups excluding carboxylic acids is 1. The maximum absolute atomic E-state index is 12.5. The lowest BCUT2D eigenvalue weighted by atomic mass is 9.99. The molecule has 3 aromatic rings. The Kier molecular flexibility index (Phi) is 5.60. The van der Waals surface area contributed by atoms with E-state index in [1.54, 1.807) is 6.07 Å². The molecular weight excluding hydrogens is 364 g/mol. The molecule has 6 heteroatoms. The van der Waals surface area contributed by atoms with E-state index < -0.39 is 0 Å². The summed E-state index contributed by atoms with van der Waals surface area (Å²) in [5.41, 5.74) is 2.52. The lowest BCUT2D eigenvalue weighted by Gasteiger charge is -2.32. The Labute approximate surface area is 170 Å². The van der Waals surface area contributed by atoms with E-state index >= 15 is 0 Å². The van der Waals surface area contributed by atoms with E-state index in [4.69, 9.17) is 0 Å². The highest BCUT2D eigenvalue weighted by Gasteiger charge is 2.16. The molecule has 29 heavy (non-hydrogen) atoms. The number of hydrogen-bond acceptors (Lipinski definition) is 4. The molecule has 0 radical (unpaired) electrons. The Hall–Kier alpha value is -3.15. The third-order valence-electron chi connectivity index (χ3n) is 5.61. The number of nitrogens with zero attached hydrogens (tertiary/aromatic N) is 3. The zero-order chi connectivity index (χ0) is 20.2. The van der Waals surface area contributed by atoms with E-state index in [1.807, 2.05) is 30.3 Å². The smallest absolute Gasteiger partial charge is 0.261 e. The number of carbonyl (C=O) groups is 1. The van der Waals surface area contributed by atoms with E-state index in [-0.39, 0.29) is 17.9 Å². The highest BCUT2D eigenvalue weighted by molar-refractivity contribution is 5.90. The van der Waals surface area contributed by atoms with Crippen molar-refractivity contribution in [2.24, 2.45) is 5.92 Å². The van der Waals surface area contributed by atoms with Gasteiger partial charge < -0.3 is 10.2 Å². The summed E-state index contributed by atoms with van der Waals surface area (Å²) in [4.78, 5) is 31.5. The van der Waals surface area contributed by atoms with Gasteiger partial charge in [0.25, 0.3) is 5.56 Å². The van der Waals surface area contributed by atoms with Gasteiger partial charge in [-0.1, -0.05) is 19.1 Å². The highest BCUT2D eigenvalue weighted by Crippen LogP contribution is 2.24. The summed E-state index contributed by atoms with van der Waals surface area (Å²) in [5, 5.41) is 3.48. The van der Waals surface area contributed by atoms with Gasteiger partial charge in [0.05, 0.1) is 17.2 Å². The monoisotopic (exact) mass is 390 g/mol. The molecule has 1 fully saturated rings. The lowest BCUT2D eigenvalue weighted by molar-refractivity contribution is -0.116. The van der Waals surface area contributed by atoms with Gasteiger partial charge in [-0.15, -0.1) is 0 Å². The first-order valence-electron chi connectivity index (χ1n) is 10.2. The van der Waals surface area contributed by atoms with E-state index in [1.165, 1.54) is 29.4 Å². The van der Waals surface area contributed by atoms with Crippen molar-refractivity contribution in [3.05, 3.63) is 65.2 Å². The second-order valence-corrected chi connectivity index (χ2v) is 7.77. The van der Waals surface area contributed by atoms with Crippen molar-refractivity contribution in [3.8, 4) is 0 Å². The van der Waals surface area contributed by atoms with Crippen LogP contribution in [-0.4, -0.2) is 28.5 Å². The van der Waals surface area contributed by atoms with Gasteiger partial charge in [-0.25, -0.2) is 4.98 Å². The summed E-state index contributed by atoms with van der Waals surface area (Å²) in [7, 11) is 0. The Morgan fingerprint density at radius 1 is 1.10 bits per heavy atom. The van der Waals surface area contributed by atoms with Crippen molar-refractivity contribution in [1.82, 2.24) is 9.55 Å². The molecule has 2 aromatic carbocycles. The predicted molar refractivity (Wildman–Crippen MR) is 116 cm³/mol. The minimum absolute atomic E-state index is 0.121. The molecule has 1 aliphatic heterocycles. The topological polar surface area (TPSA) is 67.2 Å². The van der Waals surface area contributed by atoms with Crippen molar-refractivity contribution < 1.29 is 4.79 Å². The van der Waals surface area contributed by atoms with Gasteiger partial charge in [0.2, 0.25) is 5.91 Å². The summed E-state index contributed by atoms with van der Waals surface area (Å²) < 4.78 is 1.49. The first kappa shape index (κ1) is 19.2. The summed E-state index contributed by atoms with van der Waals surface area (Å²) in [6, 6.07) is 15.2. The normalized spacial score (nSPS) is 14.9. The number of hydrogen-bond donors (Lipinski definition) is 1. The Morgan fingerprint density at radius 3 is 2.59 bits per heavy atom. The molecule has 1 N–H and O–H groups in total. The van der Waals surface area contributed by atoms with Crippen molar-refractivity contribution in [1.29, 1.82) is 0 Å². The van der Waals surface area contributed by atoms with Crippen LogP contribution in [0.2, 0.25) is 0 Å². The Morgan fingerprint density at radius 2 is 1.83 bits per heavy atom. The van der Waals surface area contributed by atoms with Gasteiger partial charge in [-0.2, -0.15) is 0 Å². The Balaban J connectivity index is 1.34. The highest BCUT2D eigenvalue weighted by atomic mass is 16.1. The van der Waals surface area contributed by atoms with Crippen molar-refractivity contribution in [2.75, 3.05) is 23.3 Å². The molecule has 1 aliphatic rings. The predicted octanol–water partition coefficient (Wildman–Crippen LogP) is 3.66. The standard InChI is InChI=1S/C23H26N4O2/c1-17-10-13-26(14-11-17)19-8-6-18(7-9-19)25-22(28)12-15-27-16-24-21-5-3-2-4-20(21)23(27)29/h2-9,16-17H,10-15H2,1H3,(H,25,28). The number of aryl methyl sites for hydroxylation is 1. The average molecular weight is 390 g/mol. The molecule has 150 valence electrons. The number of amides is 1. The van der Waals surface area contributed by atoms with Gasteiger partial charge in [-0.05, 0) is 55.2 Å². The number of rotatable bonds is 5. The summed E-state index contributed by atoms with van der Waals surface area (Å²) >= 11 is 0. The second-order valence-electron chi connectivity index (χ2n) is 7.77. The number of piperidine rings is 1. The van der Waals surface area contributed by atoms with Crippen LogP contribution in [0, 0.1) is 5.92 Å². The summed E-state index contributed by atoms with van der Waals surface area (Å²) in [6.45, 7) is 4.77. The molecule has 1 amide bonds. The summed E-state index contributed by atoms with van der Waals surface area (Å²) in [5.74, 6) is 0.680.